The minimum Gasteiger partial charge on any atom is -0.267 e. The SMILES string of the molecule is CCC(C)c1ccc(S(=O)(=O)N(CC)c2ccccc2)cc1. The molecule has 3 nitrogen and oxygen atoms in total. The van der Waals surface area contributed by atoms with Gasteiger partial charge >= 0.3 is 0 Å². The van der Waals surface area contributed by atoms with Crippen molar-refractivity contribution < 1.29 is 8.42 Å². The summed E-state index contributed by atoms with van der Waals surface area (Å²) in [5.41, 5.74) is 1.86. The second-order valence-electron chi connectivity index (χ2n) is 5.38. The van der Waals surface area contributed by atoms with Crippen LogP contribution in [0.2, 0.25) is 0 Å². The van der Waals surface area contributed by atoms with Gasteiger partial charge in [0.05, 0.1) is 10.6 Å². The predicted octanol–water partition coefficient (Wildman–Crippen LogP) is 4.42. The third-order valence-electron chi connectivity index (χ3n) is 3.98. The van der Waals surface area contributed by atoms with Gasteiger partial charge in [0.1, 0.15) is 0 Å². The lowest BCUT2D eigenvalue weighted by Gasteiger charge is -2.23. The average Bonchev–Trinajstić information content (AvgIpc) is 2.55. The predicted molar refractivity (Wildman–Crippen MR) is 91.8 cm³/mol. The number of nitrogens with zero attached hydrogens (tertiary/aromatic N) is 1. The first-order chi connectivity index (χ1) is 10.5. The maximum atomic E-state index is 12.8. The maximum Gasteiger partial charge on any atom is 0.264 e. The minimum atomic E-state index is -3.52. The molecule has 0 N–H and O–H groups in total. The van der Waals surface area contributed by atoms with Crippen LogP contribution in [0.15, 0.2) is 59.5 Å². The van der Waals surface area contributed by atoms with E-state index < -0.39 is 10.0 Å². The molecule has 0 spiro atoms. The van der Waals surface area contributed by atoms with Gasteiger partial charge in [-0.05, 0) is 49.1 Å². The zero-order valence-electron chi connectivity index (χ0n) is 13.4. The van der Waals surface area contributed by atoms with Gasteiger partial charge in [-0.25, -0.2) is 8.42 Å². The fourth-order valence-electron chi connectivity index (χ4n) is 2.42. The van der Waals surface area contributed by atoms with Gasteiger partial charge in [-0.1, -0.05) is 44.2 Å². The number of para-hydroxylation sites is 1. The second kappa shape index (κ2) is 6.97. The van der Waals surface area contributed by atoms with E-state index in [1.54, 1.807) is 12.1 Å². The van der Waals surface area contributed by atoms with E-state index in [0.29, 0.717) is 23.0 Å². The molecule has 2 aromatic carbocycles. The van der Waals surface area contributed by atoms with E-state index in [1.807, 2.05) is 49.4 Å². The quantitative estimate of drug-likeness (QED) is 0.791. The van der Waals surface area contributed by atoms with Crippen molar-refractivity contribution in [1.29, 1.82) is 0 Å². The van der Waals surface area contributed by atoms with Crippen molar-refractivity contribution in [3.05, 3.63) is 60.2 Å². The van der Waals surface area contributed by atoms with Crippen LogP contribution in [0.3, 0.4) is 0 Å². The van der Waals surface area contributed by atoms with Crippen molar-refractivity contribution in [3.63, 3.8) is 0 Å². The van der Waals surface area contributed by atoms with Gasteiger partial charge < -0.3 is 0 Å². The van der Waals surface area contributed by atoms with Gasteiger partial charge in [-0.3, -0.25) is 4.31 Å². The molecule has 118 valence electrons. The van der Waals surface area contributed by atoms with Gasteiger partial charge in [-0.15, -0.1) is 0 Å². The molecule has 0 aliphatic carbocycles. The van der Waals surface area contributed by atoms with Crippen LogP contribution in [-0.4, -0.2) is 15.0 Å². The highest BCUT2D eigenvalue weighted by Crippen LogP contribution is 2.25. The zero-order chi connectivity index (χ0) is 16.2. The molecular weight excluding hydrogens is 294 g/mol. The van der Waals surface area contributed by atoms with E-state index in [0.717, 1.165) is 6.42 Å². The molecule has 0 saturated heterocycles. The molecular formula is C18H23NO2S. The third kappa shape index (κ3) is 3.33. The molecule has 4 heteroatoms. The zero-order valence-corrected chi connectivity index (χ0v) is 14.2. The molecule has 22 heavy (non-hydrogen) atoms. The Bertz CT molecular complexity index is 694. The van der Waals surface area contributed by atoms with E-state index in [9.17, 15) is 8.42 Å². The Morgan fingerprint density at radius 2 is 1.55 bits per heavy atom. The molecule has 0 fully saturated rings. The van der Waals surface area contributed by atoms with Crippen molar-refractivity contribution in [3.8, 4) is 0 Å². The van der Waals surface area contributed by atoms with Crippen molar-refractivity contribution in [2.45, 2.75) is 38.0 Å². The number of hydrogen-bond donors (Lipinski definition) is 0. The smallest absolute Gasteiger partial charge is 0.264 e. The number of anilines is 1. The van der Waals surface area contributed by atoms with Gasteiger partial charge in [0.25, 0.3) is 10.0 Å². The fourth-order valence-corrected chi connectivity index (χ4v) is 3.89. The van der Waals surface area contributed by atoms with Crippen LogP contribution in [-0.2, 0) is 10.0 Å². The minimum absolute atomic E-state index is 0.338. The fraction of sp³-hybridized carbons (Fsp3) is 0.333. The van der Waals surface area contributed by atoms with Crippen LogP contribution in [0, 0.1) is 0 Å². The third-order valence-corrected chi connectivity index (χ3v) is 5.90. The number of hydrogen-bond acceptors (Lipinski definition) is 2. The summed E-state index contributed by atoms with van der Waals surface area (Å²) in [6.07, 6.45) is 1.04. The van der Waals surface area contributed by atoms with Gasteiger partial charge in [0.15, 0.2) is 0 Å². The summed E-state index contributed by atoms with van der Waals surface area (Å²) in [6, 6.07) is 16.5. The van der Waals surface area contributed by atoms with E-state index >= 15 is 0 Å². The Balaban J connectivity index is 2.37. The largest absolute Gasteiger partial charge is 0.267 e. The van der Waals surface area contributed by atoms with E-state index in [4.69, 9.17) is 0 Å². The highest BCUT2D eigenvalue weighted by atomic mass is 32.2. The first-order valence-corrected chi connectivity index (χ1v) is 9.12. The lowest BCUT2D eigenvalue weighted by Crippen LogP contribution is -2.30. The highest BCUT2D eigenvalue weighted by Gasteiger charge is 2.23. The van der Waals surface area contributed by atoms with Crippen LogP contribution >= 0.6 is 0 Å². The molecule has 0 aliphatic heterocycles. The Labute approximate surface area is 133 Å². The van der Waals surface area contributed by atoms with Crippen LogP contribution in [0.25, 0.3) is 0 Å². The lowest BCUT2D eigenvalue weighted by molar-refractivity contribution is 0.591. The molecule has 0 radical (unpaired) electrons. The summed E-state index contributed by atoms with van der Waals surface area (Å²) in [5, 5.41) is 0. The molecule has 0 aromatic heterocycles. The molecule has 0 heterocycles. The standard InChI is InChI=1S/C18H23NO2S/c1-4-15(3)16-11-13-18(14-12-16)22(20,21)19(5-2)17-9-7-6-8-10-17/h6-15H,4-5H2,1-3H3. The Morgan fingerprint density at radius 3 is 2.05 bits per heavy atom. The summed E-state index contributed by atoms with van der Waals surface area (Å²) < 4.78 is 27.1. The molecule has 0 bridgehead atoms. The number of sulfonamides is 1. The van der Waals surface area contributed by atoms with Crippen LogP contribution in [0.5, 0.6) is 0 Å². The summed E-state index contributed by atoms with van der Waals surface area (Å²) in [5.74, 6) is 0.438. The Morgan fingerprint density at radius 1 is 0.955 bits per heavy atom. The molecule has 1 atom stereocenters. The first kappa shape index (κ1) is 16.6. The van der Waals surface area contributed by atoms with E-state index in [2.05, 4.69) is 13.8 Å². The van der Waals surface area contributed by atoms with Crippen molar-refractivity contribution in [1.82, 2.24) is 0 Å². The van der Waals surface area contributed by atoms with Crippen molar-refractivity contribution in [2.24, 2.45) is 0 Å². The lowest BCUT2D eigenvalue weighted by atomic mass is 9.99. The molecule has 2 aromatic rings. The van der Waals surface area contributed by atoms with Crippen molar-refractivity contribution >= 4 is 15.7 Å². The molecule has 0 aliphatic rings. The summed E-state index contributed by atoms with van der Waals surface area (Å²) in [4.78, 5) is 0.338. The normalized spacial score (nSPS) is 12.9. The molecule has 1 unspecified atom stereocenters. The van der Waals surface area contributed by atoms with Gasteiger partial charge in [0.2, 0.25) is 0 Å². The highest BCUT2D eigenvalue weighted by molar-refractivity contribution is 7.92. The Hall–Kier alpha value is -1.81. The maximum absolute atomic E-state index is 12.8. The number of benzene rings is 2. The van der Waals surface area contributed by atoms with Crippen LogP contribution in [0.4, 0.5) is 5.69 Å². The summed E-state index contributed by atoms with van der Waals surface area (Å²) in [6.45, 7) is 6.52. The first-order valence-electron chi connectivity index (χ1n) is 7.68. The van der Waals surface area contributed by atoms with Gasteiger partial charge in [0, 0.05) is 6.54 Å². The van der Waals surface area contributed by atoms with Crippen LogP contribution < -0.4 is 4.31 Å². The average molecular weight is 317 g/mol. The second-order valence-corrected chi connectivity index (χ2v) is 7.25. The van der Waals surface area contributed by atoms with E-state index in [-0.39, 0.29) is 0 Å². The van der Waals surface area contributed by atoms with Crippen LogP contribution in [0.1, 0.15) is 38.7 Å². The molecule has 0 saturated carbocycles. The Kier molecular flexibility index (Phi) is 5.24. The van der Waals surface area contributed by atoms with Gasteiger partial charge in [-0.2, -0.15) is 0 Å². The topological polar surface area (TPSA) is 37.4 Å². The summed E-state index contributed by atoms with van der Waals surface area (Å²) >= 11 is 0. The monoisotopic (exact) mass is 317 g/mol. The van der Waals surface area contributed by atoms with E-state index in [1.165, 1.54) is 9.87 Å². The molecule has 0 amide bonds. The molecule has 2 rings (SSSR count). The number of rotatable bonds is 6. The van der Waals surface area contributed by atoms with Crippen molar-refractivity contribution in [2.75, 3.05) is 10.8 Å². The summed E-state index contributed by atoms with van der Waals surface area (Å²) in [7, 11) is -3.52.